The van der Waals surface area contributed by atoms with Gasteiger partial charge in [0, 0.05) is 31.0 Å². The molecule has 1 aliphatic heterocycles. The summed E-state index contributed by atoms with van der Waals surface area (Å²) in [6.45, 7) is 15.7. The van der Waals surface area contributed by atoms with Crippen molar-refractivity contribution in [3.63, 3.8) is 0 Å². The van der Waals surface area contributed by atoms with Gasteiger partial charge in [-0.3, -0.25) is 4.57 Å². The monoisotopic (exact) mass is 346 g/mol. The summed E-state index contributed by atoms with van der Waals surface area (Å²) in [7, 11) is 0. The van der Waals surface area contributed by atoms with E-state index in [2.05, 4.69) is 64.4 Å². The van der Waals surface area contributed by atoms with E-state index in [1.165, 1.54) is 0 Å². The molecule has 0 unspecified atom stereocenters. The van der Waals surface area contributed by atoms with Gasteiger partial charge >= 0.3 is 0 Å². The average molecular weight is 346 g/mol. The van der Waals surface area contributed by atoms with Crippen LogP contribution in [0.4, 0.5) is 5.95 Å². The zero-order chi connectivity index (χ0) is 18.2. The van der Waals surface area contributed by atoms with Crippen molar-refractivity contribution in [2.45, 2.75) is 72.3 Å². The summed E-state index contributed by atoms with van der Waals surface area (Å²) in [6, 6.07) is 0. The molecule has 0 aromatic carbocycles. The molecule has 0 N–H and O–H groups in total. The number of nitrogens with zero attached hydrogens (tertiary/aromatic N) is 6. The Bertz CT molecular complexity index is 703. The molecule has 0 aliphatic carbocycles. The highest BCUT2D eigenvalue weighted by Crippen LogP contribution is 2.31. The summed E-state index contributed by atoms with van der Waals surface area (Å²) < 4.78 is 7.66. The third-order valence-corrected chi connectivity index (χ3v) is 4.62. The van der Waals surface area contributed by atoms with Crippen molar-refractivity contribution in [2.24, 2.45) is 5.92 Å². The van der Waals surface area contributed by atoms with Gasteiger partial charge in [0.05, 0.1) is 0 Å². The Morgan fingerprint density at radius 1 is 1.16 bits per heavy atom. The summed E-state index contributed by atoms with van der Waals surface area (Å²) >= 11 is 0. The molecule has 138 valence electrons. The Morgan fingerprint density at radius 3 is 2.36 bits per heavy atom. The number of hydrogen-bond acceptors (Lipinski definition) is 6. The second kappa shape index (κ2) is 6.77. The van der Waals surface area contributed by atoms with E-state index in [1.807, 2.05) is 6.92 Å². The molecule has 3 heterocycles. The Labute approximate surface area is 149 Å². The highest BCUT2D eigenvalue weighted by Gasteiger charge is 2.30. The Balaban J connectivity index is 1.77. The third kappa shape index (κ3) is 3.85. The summed E-state index contributed by atoms with van der Waals surface area (Å²) in [6.07, 6.45) is 2.00. The van der Waals surface area contributed by atoms with E-state index < -0.39 is 0 Å². The fourth-order valence-corrected chi connectivity index (χ4v) is 3.42. The standard InChI is InChI=1S/C18H30N6O/c1-12(2)11-24-16(18(4,5)6)20-21-17(24)23-9-7-14(8-10-23)15-19-13(3)22-25-15/h12,14H,7-11H2,1-6H3. The molecule has 25 heavy (non-hydrogen) atoms. The van der Waals surface area contributed by atoms with Crippen molar-refractivity contribution in [1.29, 1.82) is 0 Å². The lowest BCUT2D eigenvalue weighted by Crippen LogP contribution is -2.35. The quantitative estimate of drug-likeness (QED) is 0.846. The summed E-state index contributed by atoms with van der Waals surface area (Å²) in [5.41, 5.74) is -0.0141. The fraction of sp³-hybridized carbons (Fsp3) is 0.778. The molecule has 0 saturated carbocycles. The van der Waals surface area contributed by atoms with E-state index in [0.717, 1.165) is 50.1 Å². The molecule has 1 saturated heterocycles. The number of piperidine rings is 1. The molecule has 0 atom stereocenters. The predicted octanol–water partition coefficient (Wildman–Crippen LogP) is 3.31. The van der Waals surface area contributed by atoms with Gasteiger partial charge in [0.2, 0.25) is 11.8 Å². The van der Waals surface area contributed by atoms with Crippen LogP contribution in [0.2, 0.25) is 0 Å². The summed E-state index contributed by atoms with van der Waals surface area (Å²) in [4.78, 5) is 6.75. The lowest BCUT2D eigenvalue weighted by Gasteiger charge is -2.32. The van der Waals surface area contributed by atoms with E-state index in [0.29, 0.717) is 17.7 Å². The van der Waals surface area contributed by atoms with Gasteiger partial charge in [-0.05, 0) is 25.7 Å². The van der Waals surface area contributed by atoms with E-state index in [9.17, 15) is 0 Å². The van der Waals surface area contributed by atoms with E-state index in [4.69, 9.17) is 4.52 Å². The number of rotatable bonds is 4. The summed E-state index contributed by atoms with van der Waals surface area (Å²) in [5, 5.41) is 13.0. The Kier molecular flexibility index (Phi) is 4.84. The predicted molar refractivity (Wildman–Crippen MR) is 96.8 cm³/mol. The van der Waals surface area contributed by atoms with Gasteiger partial charge in [0.25, 0.3) is 0 Å². The van der Waals surface area contributed by atoms with Gasteiger partial charge in [-0.25, -0.2) is 0 Å². The number of hydrogen-bond donors (Lipinski definition) is 0. The van der Waals surface area contributed by atoms with Crippen LogP contribution in [-0.4, -0.2) is 38.0 Å². The molecule has 0 spiro atoms. The van der Waals surface area contributed by atoms with Crippen molar-refractivity contribution in [3.8, 4) is 0 Å². The van der Waals surface area contributed by atoms with E-state index in [1.54, 1.807) is 0 Å². The Morgan fingerprint density at radius 2 is 1.84 bits per heavy atom. The van der Waals surface area contributed by atoms with Crippen molar-refractivity contribution >= 4 is 5.95 Å². The molecule has 2 aromatic heterocycles. The molecule has 7 nitrogen and oxygen atoms in total. The van der Waals surface area contributed by atoms with Crippen LogP contribution in [0.25, 0.3) is 0 Å². The molecule has 0 bridgehead atoms. The van der Waals surface area contributed by atoms with E-state index in [-0.39, 0.29) is 5.41 Å². The van der Waals surface area contributed by atoms with Crippen LogP contribution in [0.1, 0.15) is 70.9 Å². The van der Waals surface area contributed by atoms with Crippen molar-refractivity contribution < 1.29 is 4.52 Å². The average Bonchev–Trinajstić information content (AvgIpc) is 3.13. The maximum atomic E-state index is 5.36. The SMILES string of the molecule is Cc1noc(C2CCN(c3nnc(C(C)(C)C)n3CC(C)C)CC2)n1. The molecule has 0 radical (unpaired) electrons. The lowest BCUT2D eigenvalue weighted by molar-refractivity contribution is 0.326. The molecule has 1 fully saturated rings. The van der Waals surface area contributed by atoms with Gasteiger partial charge < -0.3 is 9.42 Å². The van der Waals surface area contributed by atoms with Crippen LogP contribution in [0.15, 0.2) is 4.52 Å². The smallest absolute Gasteiger partial charge is 0.229 e. The lowest BCUT2D eigenvalue weighted by atomic mass is 9.95. The number of anilines is 1. The number of aromatic nitrogens is 5. The maximum Gasteiger partial charge on any atom is 0.229 e. The fourth-order valence-electron chi connectivity index (χ4n) is 3.42. The normalized spacial score (nSPS) is 16.8. The van der Waals surface area contributed by atoms with Gasteiger partial charge in [-0.15, -0.1) is 10.2 Å². The molecule has 0 amide bonds. The molecular formula is C18H30N6O. The van der Waals surface area contributed by atoms with Crippen LogP contribution in [-0.2, 0) is 12.0 Å². The molecule has 2 aromatic rings. The first-order valence-electron chi connectivity index (χ1n) is 9.24. The van der Waals surface area contributed by atoms with Crippen LogP contribution < -0.4 is 4.90 Å². The van der Waals surface area contributed by atoms with Crippen LogP contribution in [0, 0.1) is 12.8 Å². The van der Waals surface area contributed by atoms with Gasteiger partial charge in [-0.2, -0.15) is 4.98 Å². The van der Waals surface area contributed by atoms with Gasteiger partial charge in [0.1, 0.15) is 5.82 Å². The van der Waals surface area contributed by atoms with Crippen LogP contribution in [0.5, 0.6) is 0 Å². The van der Waals surface area contributed by atoms with E-state index >= 15 is 0 Å². The van der Waals surface area contributed by atoms with Crippen LogP contribution in [0.3, 0.4) is 0 Å². The molecule has 7 heteroatoms. The van der Waals surface area contributed by atoms with Crippen molar-refractivity contribution in [3.05, 3.63) is 17.5 Å². The van der Waals surface area contributed by atoms with Crippen molar-refractivity contribution in [2.75, 3.05) is 18.0 Å². The second-order valence-electron chi connectivity index (χ2n) is 8.52. The second-order valence-corrected chi connectivity index (χ2v) is 8.52. The largest absolute Gasteiger partial charge is 0.341 e. The first-order valence-corrected chi connectivity index (χ1v) is 9.24. The first-order chi connectivity index (χ1) is 11.8. The molecule has 3 rings (SSSR count). The zero-order valence-corrected chi connectivity index (χ0v) is 16.3. The molecule has 1 aliphatic rings. The first kappa shape index (κ1) is 17.9. The Hall–Kier alpha value is -1.92. The molecular weight excluding hydrogens is 316 g/mol. The summed E-state index contributed by atoms with van der Waals surface area (Å²) in [5.74, 6) is 4.44. The maximum absolute atomic E-state index is 5.36. The minimum absolute atomic E-state index is 0.0141. The highest BCUT2D eigenvalue weighted by atomic mass is 16.5. The zero-order valence-electron chi connectivity index (χ0n) is 16.3. The number of aryl methyl sites for hydroxylation is 1. The third-order valence-electron chi connectivity index (χ3n) is 4.62. The minimum atomic E-state index is -0.0141. The van der Waals surface area contributed by atoms with Gasteiger partial charge in [-0.1, -0.05) is 39.8 Å². The highest BCUT2D eigenvalue weighted by molar-refractivity contribution is 5.33. The van der Waals surface area contributed by atoms with Crippen molar-refractivity contribution in [1.82, 2.24) is 24.9 Å². The van der Waals surface area contributed by atoms with Crippen LogP contribution >= 0.6 is 0 Å². The van der Waals surface area contributed by atoms with Gasteiger partial charge in [0.15, 0.2) is 5.82 Å². The minimum Gasteiger partial charge on any atom is -0.341 e. The topological polar surface area (TPSA) is 72.9 Å².